The second-order valence-electron chi connectivity index (χ2n) is 4.55. The third kappa shape index (κ3) is 3.74. The van der Waals surface area contributed by atoms with Crippen molar-refractivity contribution in [2.45, 2.75) is 50.9 Å². The summed E-state index contributed by atoms with van der Waals surface area (Å²) >= 11 is 0. The zero-order valence-corrected chi connectivity index (χ0v) is 10.3. The van der Waals surface area contributed by atoms with Gasteiger partial charge in [0.1, 0.15) is 0 Å². The van der Waals surface area contributed by atoms with E-state index in [2.05, 4.69) is 4.72 Å². The van der Waals surface area contributed by atoms with E-state index in [0.717, 1.165) is 25.7 Å². The lowest BCUT2D eigenvalue weighted by Gasteiger charge is -2.27. The molecule has 1 aliphatic carbocycles. The molecule has 2 atom stereocenters. The fourth-order valence-corrected chi connectivity index (χ4v) is 2.60. The van der Waals surface area contributed by atoms with Gasteiger partial charge < -0.3 is 5.11 Å². The topological polar surface area (TPSA) is 66.4 Å². The van der Waals surface area contributed by atoms with Crippen molar-refractivity contribution >= 4 is 10.0 Å². The van der Waals surface area contributed by atoms with Crippen LogP contribution in [0.5, 0.6) is 0 Å². The van der Waals surface area contributed by atoms with Crippen LogP contribution in [0.2, 0.25) is 0 Å². The molecular weight excluding hydrogens is 214 g/mol. The largest absolute Gasteiger partial charge is 0.393 e. The van der Waals surface area contributed by atoms with Gasteiger partial charge >= 0.3 is 0 Å². The van der Waals surface area contributed by atoms with Crippen molar-refractivity contribution in [1.82, 2.24) is 4.72 Å². The Morgan fingerprint density at radius 1 is 1.33 bits per heavy atom. The van der Waals surface area contributed by atoms with E-state index < -0.39 is 15.3 Å². The van der Waals surface area contributed by atoms with Crippen LogP contribution >= 0.6 is 0 Å². The normalized spacial score (nSPS) is 28.3. The van der Waals surface area contributed by atoms with E-state index in [0.29, 0.717) is 6.54 Å². The summed E-state index contributed by atoms with van der Waals surface area (Å²) < 4.78 is 25.5. The highest BCUT2D eigenvalue weighted by Gasteiger charge is 2.25. The van der Waals surface area contributed by atoms with E-state index in [1.165, 1.54) is 0 Å². The van der Waals surface area contributed by atoms with Gasteiger partial charge in [0.25, 0.3) is 0 Å². The SMILES string of the molecule is CC(C)S(=O)(=O)NCC1CCCCC1O. The molecule has 0 saturated heterocycles. The van der Waals surface area contributed by atoms with Crippen LogP contribution in [0, 0.1) is 5.92 Å². The standard InChI is InChI=1S/C10H21NO3S/c1-8(2)15(13,14)11-7-9-5-3-4-6-10(9)12/h8-12H,3-7H2,1-2H3. The molecule has 0 heterocycles. The molecule has 0 radical (unpaired) electrons. The van der Waals surface area contributed by atoms with Crippen LogP contribution in [0.1, 0.15) is 39.5 Å². The minimum absolute atomic E-state index is 0.0901. The highest BCUT2D eigenvalue weighted by Crippen LogP contribution is 2.23. The molecule has 2 N–H and O–H groups in total. The Bertz CT molecular complexity index is 287. The Morgan fingerprint density at radius 2 is 1.93 bits per heavy atom. The van der Waals surface area contributed by atoms with Crippen molar-refractivity contribution in [2.75, 3.05) is 6.54 Å². The van der Waals surface area contributed by atoms with Crippen LogP contribution < -0.4 is 4.72 Å². The first-order valence-corrected chi connectivity index (χ1v) is 7.14. The Labute approximate surface area is 92.1 Å². The van der Waals surface area contributed by atoms with Crippen LogP contribution in [0.15, 0.2) is 0 Å². The Hall–Kier alpha value is -0.130. The molecule has 4 nitrogen and oxygen atoms in total. The molecule has 1 fully saturated rings. The Balaban J connectivity index is 2.42. The van der Waals surface area contributed by atoms with Gasteiger partial charge in [-0.3, -0.25) is 0 Å². The van der Waals surface area contributed by atoms with E-state index in [1.807, 2.05) is 0 Å². The molecule has 90 valence electrons. The molecule has 15 heavy (non-hydrogen) atoms. The molecule has 2 unspecified atom stereocenters. The molecule has 0 aliphatic heterocycles. The monoisotopic (exact) mass is 235 g/mol. The maximum atomic E-state index is 11.5. The summed E-state index contributed by atoms with van der Waals surface area (Å²) in [5, 5.41) is 9.27. The number of nitrogens with one attached hydrogen (secondary N) is 1. The van der Waals surface area contributed by atoms with Crippen molar-refractivity contribution < 1.29 is 13.5 Å². The highest BCUT2D eigenvalue weighted by atomic mass is 32.2. The summed E-state index contributed by atoms with van der Waals surface area (Å²) in [4.78, 5) is 0. The summed E-state index contributed by atoms with van der Waals surface area (Å²) in [5.74, 6) is 0.0901. The predicted octanol–water partition coefficient (Wildman–Crippen LogP) is 0.865. The van der Waals surface area contributed by atoms with Crippen molar-refractivity contribution in [3.05, 3.63) is 0 Å². The first-order chi connectivity index (χ1) is 6.93. The van der Waals surface area contributed by atoms with Crippen molar-refractivity contribution in [3.8, 4) is 0 Å². The molecule has 1 saturated carbocycles. The lowest BCUT2D eigenvalue weighted by Crippen LogP contribution is -2.39. The number of hydrogen-bond acceptors (Lipinski definition) is 3. The van der Waals surface area contributed by atoms with Gasteiger partial charge in [-0.15, -0.1) is 0 Å². The molecular formula is C10H21NO3S. The van der Waals surface area contributed by atoms with Gasteiger partial charge in [0.05, 0.1) is 11.4 Å². The number of rotatable bonds is 4. The van der Waals surface area contributed by atoms with Gasteiger partial charge in [-0.05, 0) is 32.6 Å². The Morgan fingerprint density at radius 3 is 2.47 bits per heavy atom. The molecule has 1 aliphatic rings. The van der Waals surface area contributed by atoms with Gasteiger partial charge in [-0.2, -0.15) is 0 Å². The van der Waals surface area contributed by atoms with Crippen molar-refractivity contribution in [3.63, 3.8) is 0 Å². The van der Waals surface area contributed by atoms with Crippen LogP contribution in [0.25, 0.3) is 0 Å². The lowest BCUT2D eigenvalue weighted by atomic mass is 9.87. The van der Waals surface area contributed by atoms with E-state index >= 15 is 0 Å². The van der Waals surface area contributed by atoms with Gasteiger partial charge in [0.2, 0.25) is 10.0 Å². The lowest BCUT2D eigenvalue weighted by molar-refractivity contribution is 0.0724. The number of aliphatic hydroxyl groups excluding tert-OH is 1. The fraction of sp³-hybridized carbons (Fsp3) is 1.00. The van der Waals surface area contributed by atoms with E-state index in [-0.39, 0.29) is 12.0 Å². The number of hydrogen-bond donors (Lipinski definition) is 2. The molecule has 1 rings (SSSR count). The van der Waals surface area contributed by atoms with Gasteiger partial charge in [-0.25, -0.2) is 13.1 Å². The molecule has 0 aromatic rings. The second-order valence-corrected chi connectivity index (χ2v) is 6.88. The maximum absolute atomic E-state index is 11.5. The van der Waals surface area contributed by atoms with Crippen molar-refractivity contribution in [1.29, 1.82) is 0 Å². The first-order valence-electron chi connectivity index (χ1n) is 5.60. The first kappa shape index (κ1) is 12.9. The summed E-state index contributed by atoms with van der Waals surface area (Å²) in [6.45, 7) is 3.68. The summed E-state index contributed by atoms with van der Waals surface area (Å²) in [6, 6.07) is 0. The molecule has 0 bridgehead atoms. The fourth-order valence-electron chi connectivity index (χ4n) is 1.82. The summed E-state index contributed by atoms with van der Waals surface area (Å²) in [5.41, 5.74) is 0. The molecule has 0 aromatic carbocycles. The van der Waals surface area contributed by atoms with E-state index in [4.69, 9.17) is 0 Å². The zero-order chi connectivity index (χ0) is 11.5. The average Bonchev–Trinajstić information content (AvgIpc) is 2.16. The molecule has 0 amide bonds. The van der Waals surface area contributed by atoms with Crippen LogP contribution in [0.4, 0.5) is 0 Å². The third-order valence-electron chi connectivity index (χ3n) is 3.04. The minimum Gasteiger partial charge on any atom is -0.393 e. The van der Waals surface area contributed by atoms with E-state index in [1.54, 1.807) is 13.8 Å². The molecule has 5 heteroatoms. The molecule has 0 aromatic heterocycles. The van der Waals surface area contributed by atoms with Crippen LogP contribution in [-0.4, -0.2) is 31.4 Å². The average molecular weight is 235 g/mol. The van der Waals surface area contributed by atoms with Crippen LogP contribution in [0.3, 0.4) is 0 Å². The van der Waals surface area contributed by atoms with Gasteiger partial charge in [0, 0.05) is 6.54 Å². The second kappa shape index (κ2) is 5.27. The third-order valence-corrected chi connectivity index (χ3v) is 4.85. The van der Waals surface area contributed by atoms with E-state index in [9.17, 15) is 13.5 Å². The van der Waals surface area contributed by atoms with Crippen molar-refractivity contribution in [2.24, 2.45) is 5.92 Å². The quantitative estimate of drug-likeness (QED) is 0.759. The summed E-state index contributed by atoms with van der Waals surface area (Å²) in [6.07, 6.45) is 3.52. The summed E-state index contributed by atoms with van der Waals surface area (Å²) in [7, 11) is -3.18. The number of sulfonamides is 1. The van der Waals surface area contributed by atoms with Gasteiger partial charge in [0.15, 0.2) is 0 Å². The Kier molecular flexibility index (Phi) is 4.55. The smallest absolute Gasteiger partial charge is 0.213 e. The van der Waals surface area contributed by atoms with Gasteiger partial charge in [-0.1, -0.05) is 12.8 Å². The number of aliphatic hydroxyl groups is 1. The minimum atomic E-state index is -3.18. The predicted molar refractivity (Wildman–Crippen MR) is 60.0 cm³/mol. The highest BCUT2D eigenvalue weighted by molar-refractivity contribution is 7.90. The van der Waals surface area contributed by atoms with Crippen LogP contribution in [-0.2, 0) is 10.0 Å². The maximum Gasteiger partial charge on any atom is 0.213 e. The molecule has 0 spiro atoms. The zero-order valence-electron chi connectivity index (χ0n) is 9.44.